The van der Waals surface area contributed by atoms with E-state index in [4.69, 9.17) is 11.6 Å². The van der Waals surface area contributed by atoms with E-state index in [9.17, 15) is 23.1 Å². The van der Waals surface area contributed by atoms with Crippen LogP contribution in [-0.2, 0) is 25.6 Å². The molecule has 2 aromatic rings. The highest BCUT2D eigenvalue weighted by molar-refractivity contribution is 6.30. The Hall–Kier alpha value is -2.22. The molecule has 0 radical (unpaired) electrons. The standard InChI is InChI=1S/C20H21ClF3N3O2/c21-18-17-15(8-5-12-3-6-14(7-4-12)20(22,23)24)26(19(28)29)9-10-27(17)16(25-18)11-13-1-2-13/h3-4,6-7,13,15H,1-2,5,8-11H2,(H,28,29). The van der Waals surface area contributed by atoms with E-state index in [2.05, 4.69) is 4.98 Å². The number of carbonyl (C=O) groups is 1. The number of hydrogen-bond donors (Lipinski definition) is 1. The van der Waals surface area contributed by atoms with Crippen LogP contribution >= 0.6 is 11.6 Å². The third kappa shape index (κ3) is 4.22. The molecule has 0 spiro atoms. The number of halogens is 4. The quantitative estimate of drug-likeness (QED) is 0.715. The highest BCUT2D eigenvalue weighted by Gasteiger charge is 2.36. The third-order valence-electron chi connectivity index (χ3n) is 5.70. The van der Waals surface area contributed by atoms with E-state index in [-0.39, 0.29) is 0 Å². The van der Waals surface area contributed by atoms with Crippen LogP contribution in [0.5, 0.6) is 0 Å². The molecule has 1 aliphatic heterocycles. The maximum absolute atomic E-state index is 12.7. The van der Waals surface area contributed by atoms with Gasteiger partial charge in [-0.05, 0) is 49.3 Å². The van der Waals surface area contributed by atoms with Crippen molar-refractivity contribution in [3.63, 3.8) is 0 Å². The van der Waals surface area contributed by atoms with Crippen LogP contribution in [0, 0.1) is 5.92 Å². The van der Waals surface area contributed by atoms with Crippen LogP contribution in [0.4, 0.5) is 18.0 Å². The van der Waals surface area contributed by atoms with Crippen molar-refractivity contribution in [3.8, 4) is 0 Å². The summed E-state index contributed by atoms with van der Waals surface area (Å²) in [5, 5.41) is 9.96. The molecule has 1 aliphatic carbocycles. The first kappa shape index (κ1) is 20.1. The van der Waals surface area contributed by atoms with Crippen molar-refractivity contribution in [3.05, 3.63) is 52.1 Å². The predicted molar refractivity (Wildman–Crippen MR) is 101 cm³/mol. The normalized spacial score (nSPS) is 19.3. The topological polar surface area (TPSA) is 58.4 Å². The van der Waals surface area contributed by atoms with Crippen LogP contribution in [0.3, 0.4) is 0 Å². The summed E-state index contributed by atoms with van der Waals surface area (Å²) in [5.41, 5.74) is 0.717. The van der Waals surface area contributed by atoms with Gasteiger partial charge in [-0.3, -0.25) is 4.90 Å². The molecule has 1 aromatic heterocycles. The van der Waals surface area contributed by atoms with Crippen LogP contribution < -0.4 is 0 Å². The molecule has 2 heterocycles. The molecular weight excluding hydrogens is 407 g/mol. The summed E-state index contributed by atoms with van der Waals surface area (Å²) in [6, 6.07) is 4.51. The molecule has 1 amide bonds. The molecule has 1 saturated carbocycles. The molecule has 1 N–H and O–H groups in total. The average molecular weight is 428 g/mol. The van der Waals surface area contributed by atoms with Gasteiger partial charge in [-0.25, -0.2) is 9.78 Å². The number of aromatic nitrogens is 2. The van der Waals surface area contributed by atoms with Gasteiger partial charge in [-0.15, -0.1) is 0 Å². The minimum Gasteiger partial charge on any atom is -0.465 e. The predicted octanol–water partition coefficient (Wildman–Crippen LogP) is 5.18. The first-order valence-corrected chi connectivity index (χ1v) is 10.0. The molecule has 1 aromatic carbocycles. The van der Waals surface area contributed by atoms with E-state index in [0.717, 1.165) is 24.4 Å². The lowest BCUT2D eigenvalue weighted by Crippen LogP contribution is -2.42. The molecule has 1 fully saturated rings. The zero-order valence-electron chi connectivity index (χ0n) is 15.6. The van der Waals surface area contributed by atoms with Gasteiger partial charge in [-0.1, -0.05) is 23.7 Å². The fourth-order valence-electron chi connectivity index (χ4n) is 3.98. The molecule has 2 aliphatic rings. The van der Waals surface area contributed by atoms with Gasteiger partial charge >= 0.3 is 12.3 Å². The number of carboxylic acid groups (broad SMARTS) is 1. The van der Waals surface area contributed by atoms with Crippen LogP contribution in [0.25, 0.3) is 0 Å². The summed E-state index contributed by atoms with van der Waals surface area (Å²) in [6.07, 6.45) is -1.34. The molecule has 1 unspecified atom stereocenters. The van der Waals surface area contributed by atoms with Gasteiger partial charge in [0.25, 0.3) is 0 Å². The summed E-state index contributed by atoms with van der Waals surface area (Å²) in [5.74, 6) is 1.53. The monoisotopic (exact) mass is 427 g/mol. The van der Waals surface area contributed by atoms with Crippen LogP contribution in [-0.4, -0.2) is 32.2 Å². The highest BCUT2D eigenvalue weighted by atomic mass is 35.5. The molecule has 5 nitrogen and oxygen atoms in total. The zero-order chi connectivity index (χ0) is 20.8. The largest absolute Gasteiger partial charge is 0.465 e. The van der Waals surface area contributed by atoms with E-state index in [0.29, 0.717) is 48.3 Å². The second-order valence-corrected chi connectivity index (χ2v) is 8.09. The Morgan fingerprint density at radius 2 is 1.90 bits per heavy atom. The van der Waals surface area contributed by atoms with Gasteiger partial charge in [0.2, 0.25) is 0 Å². The minimum absolute atomic E-state index is 0.323. The van der Waals surface area contributed by atoms with E-state index in [1.807, 2.05) is 4.57 Å². The Labute approximate surface area is 171 Å². The number of aryl methyl sites for hydroxylation is 1. The van der Waals surface area contributed by atoms with Crippen molar-refractivity contribution in [1.29, 1.82) is 0 Å². The van der Waals surface area contributed by atoms with Crippen molar-refractivity contribution in [1.82, 2.24) is 14.5 Å². The summed E-state index contributed by atoms with van der Waals surface area (Å²) in [6.45, 7) is 0.852. The Bertz CT molecular complexity index is 907. The Morgan fingerprint density at radius 3 is 2.48 bits per heavy atom. The number of hydrogen-bond acceptors (Lipinski definition) is 2. The zero-order valence-corrected chi connectivity index (χ0v) is 16.4. The lowest BCUT2D eigenvalue weighted by Gasteiger charge is -2.35. The van der Waals surface area contributed by atoms with E-state index < -0.39 is 23.9 Å². The number of alkyl halides is 3. The number of fused-ring (bicyclic) bond motifs is 1. The minimum atomic E-state index is -4.38. The van der Waals surface area contributed by atoms with Crippen molar-refractivity contribution in [2.24, 2.45) is 5.92 Å². The molecule has 0 saturated heterocycles. The Kier molecular flexibility index (Phi) is 5.23. The smallest absolute Gasteiger partial charge is 0.416 e. The van der Waals surface area contributed by atoms with Gasteiger partial charge in [0.05, 0.1) is 17.3 Å². The molecular formula is C20H21ClF3N3O2. The lowest BCUT2D eigenvalue weighted by molar-refractivity contribution is -0.137. The SMILES string of the molecule is O=C(O)N1CCn2c(CC3CC3)nc(Cl)c2C1CCc1ccc(C(F)(F)F)cc1. The summed E-state index contributed by atoms with van der Waals surface area (Å²) in [7, 11) is 0. The molecule has 4 rings (SSSR count). The summed E-state index contributed by atoms with van der Waals surface area (Å²) < 4.78 is 40.3. The average Bonchev–Trinajstić information content (AvgIpc) is 3.42. The van der Waals surface area contributed by atoms with Gasteiger partial charge in [0.15, 0.2) is 5.15 Å². The van der Waals surface area contributed by atoms with Crippen molar-refractivity contribution in [2.75, 3.05) is 6.54 Å². The number of benzene rings is 1. The summed E-state index contributed by atoms with van der Waals surface area (Å²) >= 11 is 6.41. The molecule has 156 valence electrons. The first-order chi connectivity index (χ1) is 13.7. The van der Waals surface area contributed by atoms with E-state index in [1.165, 1.54) is 29.9 Å². The molecule has 9 heteroatoms. The maximum atomic E-state index is 12.7. The fourth-order valence-corrected chi connectivity index (χ4v) is 4.31. The second-order valence-electron chi connectivity index (χ2n) is 7.73. The molecule has 0 bridgehead atoms. The van der Waals surface area contributed by atoms with Crippen molar-refractivity contribution < 1.29 is 23.1 Å². The van der Waals surface area contributed by atoms with Crippen molar-refractivity contribution in [2.45, 2.75) is 50.9 Å². The highest BCUT2D eigenvalue weighted by Crippen LogP contribution is 2.39. The maximum Gasteiger partial charge on any atom is 0.416 e. The van der Waals surface area contributed by atoms with Crippen molar-refractivity contribution >= 4 is 17.7 Å². The van der Waals surface area contributed by atoms with Crippen LogP contribution in [0.2, 0.25) is 5.15 Å². The lowest BCUT2D eigenvalue weighted by atomic mass is 9.99. The fraction of sp³-hybridized carbons (Fsp3) is 0.500. The van der Waals surface area contributed by atoms with Gasteiger partial charge in [0.1, 0.15) is 5.82 Å². The van der Waals surface area contributed by atoms with Gasteiger partial charge < -0.3 is 9.67 Å². The molecule has 1 atom stereocenters. The second kappa shape index (κ2) is 7.55. The van der Waals surface area contributed by atoms with Gasteiger partial charge in [0, 0.05) is 19.5 Å². The number of amides is 1. The first-order valence-electron chi connectivity index (χ1n) is 9.64. The number of nitrogens with zero attached hydrogens (tertiary/aromatic N) is 3. The Morgan fingerprint density at radius 1 is 1.21 bits per heavy atom. The third-order valence-corrected chi connectivity index (χ3v) is 5.98. The molecule has 29 heavy (non-hydrogen) atoms. The van der Waals surface area contributed by atoms with Crippen LogP contribution in [0.15, 0.2) is 24.3 Å². The summed E-state index contributed by atoms with van der Waals surface area (Å²) in [4.78, 5) is 17.6. The Balaban J connectivity index is 1.56. The number of rotatable bonds is 5. The van der Waals surface area contributed by atoms with E-state index in [1.54, 1.807) is 0 Å². The van der Waals surface area contributed by atoms with E-state index >= 15 is 0 Å². The van der Waals surface area contributed by atoms with Crippen LogP contribution in [0.1, 0.15) is 47.9 Å². The number of imidazole rings is 1. The van der Waals surface area contributed by atoms with Gasteiger partial charge in [-0.2, -0.15) is 13.2 Å².